The summed E-state index contributed by atoms with van der Waals surface area (Å²) >= 11 is 0. The van der Waals surface area contributed by atoms with E-state index in [0.29, 0.717) is 12.2 Å². The Morgan fingerprint density at radius 2 is 2.06 bits per heavy atom. The highest BCUT2D eigenvalue weighted by atomic mass is 32.2. The Labute approximate surface area is 95.8 Å². The van der Waals surface area contributed by atoms with Gasteiger partial charge in [-0.05, 0) is 18.6 Å². The van der Waals surface area contributed by atoms with E-state index < -0.39 is 9.84 Å². The van der Waals surface area contributed by atoms with Crippen molar-refractivity contribution in [3.63, 3.8) is 0 Å². The molecule has 90 valence electrons. The van der Waals surface area contributed by atoms with Gasteiger partial charge in [-0.2, -0.15) is 0 Å². The summed E-state index contributed by atoms with van der Waals surface area (Å²) in [6.45, 7) is 1.94. The second kappa shape index (κ2) is 5.75. The maximum Gasteiger partial charge on any atom is 0.153 e. The molecule has 0 amide bonds. The third kappa shape index (κ3) is 4.53. The lowest BCUT2D eigenvalue weighted by atomic mass is 10.3. The van der Waals surface area contributed by atoms with Crippen LogP contribution in [0.15, 0.2) is 24.3 Å². The Bertz CT molecular complexity index is 425. The lowest BCUT2D eigenvalue weighted by Crippen LogP contribution is -2.16. The fourth-order valence-electron chi connectivity index (χ4n) is 1.27. The topological polar surface area (TPSA) is 63.6 Å². The predicted molar refractivity (Wildman–Crippen MR) is 62.5 cm³/mol. The smallest absolute Gasteiger partial charge is 0.153 e. The van der Waals surface area contributed by atoms with Crippen LogP contribution in [0.25, 0.3) is 0 Å². The van der Waals surface area contributed by atoms with Crippen molar-refractivity contribution in [3.8, 4) is 11.5 Å². The first-order valence-electron chi connectivity index (χ1n) is 5.16. The molecule has 1 aromatic carbocycles. The van der Waals surface area contributed by atoms with E-state index in [-0.39, 0.29) is 23.9 Å². The van der Waals surface area contributed by atoms with Gasteiger partial charge >= 0.3 is 0 Å². The van der Waals surface area contributed by atoms with E-state index in [0.717, 1.165) is 0 Å². The quantitative estimate of drug-likeness (QED) is 0.825. The zero-order valence-electron chi connectivity index (χ0n) is 9.22. The fourth-order valence-corrected chi connectivity index (χ4v) is 2.44. The number of aromatic hydroxyl groups is 1. The Kier molecular flexibility index (Phi) is 4.61. The number of hydrogen-bond acceptors (Lipinski definition) is 4. The molecule has 16 heavy (non-hydrogen) atoms. The first-order chi connectivity index (χ1) is 7.53. The van der Waals surface area contributed by atoms with Crippen LogP contribution in [0.4, 0.5) is 0 Å². The molecule has 0 aliphatic heterocycles. The van der Waals surface area contributed by atoms with Crippen LogP contribution in [0, 0.1) is 0 Å². The van der Waals surface area contributed by atoms with Gasteiger partial charge < -0.3 is 9.84 Å². The SMILES string of the molecule is CCCS(=O)(=O)CCOc1cccc(O)c1. The van der Waals surface area contributed by atoms with Gasteiger partial charge in [0.25, 0.3) is 0 Å². The predicted octanol–water partition coefficient (Wildman–Crippen LogP) is 1.60. The molecular weight excluding hydrogens is 228 g/mol. The van der Waals surface area contributed by atoms with E-state index in [9.17, 15) is 8.42 Å². The van der Waals surface area contributed by atoms with Gasteiger partial charge in [-0.3, -0.25) is 0 Å². The van der Waals surface area contributed by atoms with Crippen molar-refractivity contribution in [2.45, 2.75) is 13.3 Å². The average molecular weight is 244 g/mol. The van der Waals surface area contributed by atoms with Gasteiger partial charge in [-0.1, -0.05) is 13.0 Å². The summed E-state index contributed by atoms with van der Waals surface area (Å²) < 4.78 is 27.9. The highest BCUT2D eigenvalue weighted by molar-refractivity contribution is 7.91. The molecule has 0 bridgehead atoms. The summed E-state index contributed by atoms with van der Waals surface area (Å²) in [7, 11) is -3.00. The minimum Gasteiger partial charge on any atom is -0.508 e. The summed E-state index contributed by atoms with van der Waals surface area (Å²) in [6.07, 6.45) is 0.620. The number of benzene rings is 1. The molecule has 0 aliphatic rings. The van der Waals surface area contributed by atoms with Crippen molar-refractivity contribution in [2.75, 3.05) is 18.1 Å². The molecule has 5 heteroatoms. The third-order valence-corrected chi connectivity index (χ3v) is 3.81. The minimum atomic E-state index is -3.00. The van der Waals surface area contributed by atoms with Crippen molar-refractivity contribution in [3.05, 3.63) is 24.3 Å². The van der Waals surface area contributed by atoms with Crippen molar-refractivity contribution in [1.82, 2.24) is 0 Å². The van der Waals surface area contributed by atoms with E-state index in [1.165, 1.54) is 12.1 Å². The molecule has 0 heterocycles. The van der Waals surface area contributed by atoms with E-state index in [1.54, 1.807) is 12.1 Å². The first-order valence-corrected chi connectivity index (χ1v) is 6.98. The molecule has 4 nitrogen and oxygen atoms in total. The number of hydrogen-bond donors (Lipinski definition) is 1. The van der Waals surface area contributed by atoms with Crippen LogP contribution in [0.2, 0.25) is 0 Å². The Morgan fingerprint density at radius 3 is 2.69 bits per heavy atom. The van der Waals surface area contributed by atoms with Gasteiger partial charge in [0.1, 0.15) is 18.1 Å². The molecule has 0 aromatic heterocycles. The maximum absolute atomic E-state index is 11.4. The van der Waals surface area contributed by atoms with E-state index in [1.807, 2.05) is 6.92 Å². The van der Waals surface area contributed by atoms with Crippen LogP contribution in [0.5, 0.6) is 11.5 Å². The van der Waals surface area contributed by atoms with Crippen LogP contribution in [0.3, 0.4) is 0 Å². The van der Waals surface area contributed by atoms with Gasteiger partial charge in [0.2, 0.25) is 0 Å². The molecular formula is C11H16O4S. The number of phenols is 1. The molecule has 0 unspecified atom stereocenters. The number of sulfone groups is 1. The summed E-state index contributed by atoms with van der Waals surface area (Å²) in [6, 6.07) is 6.30. The van der Waals surface area contributed by atoms with E-state index in [2.05, 4.69) is 0 Å². The second-order valence-electron chi connectivity index (χ2n) is 3.50. The Hall–Kier alpha value is -1.23. The molecule has 0 fully saturated rings. The summed E-state index contributed by atoms with van der Waals surface area (Å²) in [5.41, 5.74) is 0. The van der Waals surface area contributed by atoms with Gasteiger partial charge in [-0.25, -0.2) is 8.42 Å². The lowest BCUT2D eigenvalue weighted by molar-refractivity contribution is 0.338. The second-order valence-corrected chi connectivity index (χ2v) is 5.80. The highest BCUT2D eigenvalue weighted by Crippen LogP contribution is 2.17. The van der Waals surface area contributed by atoms with Crippen LogP contribution >= 0.6 is 0 Å². The third-order valence-electron chi connectivity index (χ3n) is 2.00. The number of rotatable bonds is 6. The minimum absolute atomic E-state index is 0.0104. The van der Waals surface area contributed by atoms with Crippen LogP contribution in [-0.2, 0) is 9.84 Å². The van der Waals surface area contributed by atoms with Crippen molar-refractivity contribution >= 4 is 9.84 Å². The molecule has 0 aliphatic carbocycles. The van der Waals surface area contributed by atoms with Crippen LogP contribution < -0.4 is 4.74 Å². The normalized spacial score (nSPS) is 11.3. The number of phenolic OH excluding ortho intramolecular Hbond substituents is 1. The average Bonchev–Trinajstić information content (AvgIpc) is 2.17. The molecule has 0 spiro atoms. The standard InChI is InChI=1S/C11H16O4S/c1-2-7-16(13,14)8-6-15-11-5-3-4-10(12)9-11/h3-5,9,12H,2,6-8H2,1H3. The summed E-state index contributed by atoms with van der Waals surface area (Å²) in [4.78, 5) is 0. The number of ether oxygens (including phenoxy) is 1. The Balaban J connectivity index is 2.42. The van der Waals surface area contributed by atoms with Gasteiger partial charge in [-0.15, -0.1) is 0 Å². The zero-order valence-corrected chi connectivity index (χ0v) is 10.0. The van der Waals surface area contributed by atoms with Gasteiger partial charge in [0, 0.05) is 6.07 Å². The maximum atomic E-state index is 11.4. The van der Waals surface area contributed by atoms with Crippen molar-refractivity contribution in [1.29, 1.82) is 0 Å². The van der Waals surface area contributed by atoms with Crippen molar-refractivity contribution < 1.29 is 18.3 Å². The highest BCUT2D eigenvalue weighted by Gasteiger charge is 2.09. The fraction of sp³-hybridized carbons (Fsp3) is 0.455. The molecule has 0 saturated heterocycles. The van der Waals surface area contributed by atoms with E-state index >= 15 is 0 Å². The molecule has 1 aromatic rings. The summed E-state index contributed by atoms with van der Waals surface area (Å²) in [5.74, 6) is 0.785. The van der Waals surface area contributed by atoms with E-state index in [4.69, 9.17) is 9.84 Å². The monoisotopic (exact) mass is 244 g/mol. The lowest BCUT2D eigenvalue weighted by Gasteiger charge is -2.06. The molecule has 0 radical (unpaired) electrons. The molecule has 1 rings (SSSR count). The van der Waals surface area contributed by atoms with Crippen LogP contribution in [0.1, 0.15) is 13.3 Å². The molecule has 0 atom stereocenters. The van der Waals surface area contributed by atoms with Gasteiger partial charge in [0.15, 0.2) is 9.84 Å². The largest absolute Gasteiger partial charge is 0.508 e. The summed E-state index contributed by atoms with van der Waals surface area (Å²) in [5, 5.41) is 9.16. The molecule has 1 N–H and O–H groups in total. The Morgan fingerprint density at radius 1 is 1.31 bits per heavy atom. The van der Waals surface area contributed by atoms with Gasteiger partial charge in [0.05, 0.1) is 11.5 Å². The van der Waals surface area contributed by atoms with Crippen molar-refractivity contribution in [2.24, 2.45) is 0 Å². The first kappa shape index (κ1) is 12.8. The zero-order chi connectivity index (χ0) is 12.0. The van der Waals surface area contributed by atoms with Crippen LogP contribution in [-0.4, -0.2) is 31.6 Å². The molecule has 0 saturated carbocycles.